The summed E-state index contributed by atoms with van der Waals surface area (Å²) in [6.07, 6.45) is 3.41. The van der Waals surface area contributed by atoms with Crippen molar-refractivity contribution in [2.24, 2.45) is 0 Å². The van der Waals surface area contributed by atoms with Crippen LogP contribution in [-0.4, -0.2) is 10.7 Å². The molecule has 0 saturated heterocycles. The molecule has 1 aromatic carbocycles. The second-order valence-corrected chi connectivity index (χ2v) is 4.64. The molecule has 0 bridgehead atoms. The van der Waals surface area contributed by atoms with E-state index in [1.165, 1.54) is 18.2 Å². The summed E-state index contributed by atoms with van der Waals surface area (Å²) < 4.78 is 13.0. The highest BCUT2D eigenvalue weighted by atomic mass is 35.5. The molecule has 0 radical (unpaired) electrons. The predicted molar refractivity (Wildman–Crippen MR) is 65.2 cm³/mol. The van der Waals surface area contributed by atoms with Gasteiger partial charge < -0.3 is 5.11 Å². The van der Waals surface area contributed by atoms with Gasteiger partial charge in [-0.1, -0.05) is 17.7 Å². The molecule has 16 heavy (non-hydrogen) atoms. The molecule has 1 N–H and O–H groups in total. The van der Waals surface area contributed by atoms with Crippen LogP contribution in [0.3, 0.4) is 0 Å². The van der Waals surface area contributed by atoms with Crippen molar-refractivity contribution in [1.82, 2.24) is 0 Å². The normalized spacial score (nSPS) is 14.5. The highest BCUT2D eigenvalue weighted by molar-refractivity contribution is 6.31. The molecule has 0 amide bonds. The highest BCUT2D eigenvalue weighted by Crippen LogP contribution is 2.24. The molecule has 0 spiro atoms. The first-order valence-electron chi connectivity index (χ1n) is 5.22. The largest absolute Gasteiger partial charge is 0.390 e. The number of hydrogen-bond acceptors (Lipinski definition) is 1. The van der Waals surface area contributed by atoms with Crippen LogP contribution < -0.4 is 0 Å². The summed E-state index contributed by atoms with van der Waals surface area (Å²) in [6.45, 7) is 5.33. The Balaban J connectivity index is 2.78. The molecule has 0 aliphatic heterocycles. The van der Waals surface area contributed by atoms with Gasteiger partial charge in [0, 0.05) is 11.4 Å². The topological polar surface area (TPSA) is 20.2 Å². The van der Waals surface area contributed by atoms with Crippen LogP contribution in [0.1, 0.15) is 25.3 Å². The molecule has 0 aliphatic rings. The Hall–Kier alpha value is -0.860. The van der Waals surface area contributed by atoms with Gasteiger partial charge >= 0.3 is 0 Å². The number of halogens is 2. The molecule has 1 aromatic rings. The first-order valence-corrected chi connectivity index (χ1v) is 5.59. The molecule has 1 nitrogen and oxygen atoms in total. The Morgan fingerprint density at radius 1 is 1.56 bits per heavy atom. The number of aliphatic hydroxyl groups is 1. The minimum Gasteiger partial charge on any atom is -0.390 e. The smallest absolute Gasteiger partial charge is 0.123 e. The van der Waals surface area contributed by atoms with Crippen molar-refractivity contribution in [1.29, 1.82) is 0 Å². The maximum absolute atomic E-state index is 13.0. The van der Waals surface area contributed by atoms with E-state index in [9.17, 15) is 9.50 Å². The van der Waals surface area contributed by atoms with Gasteiger partial charge in [0.25, 0.3) is 0 Å². The number of rotatable bonds is 5. The summed E-state index contributed by atoms with van der Waals surface area (Å²) in [5, 5.41) is 10.6. The average molecular weight is 243 g/mol. The quantitative estimate of drug-likeness (QED) is 0.780. The monoisotopic (exact) mass is 242 g/mol. The molecule has 0 aromatic heterocycles. The molecule has 1 atom stereocenters. The van der Waals surface area contributed by atoms with E-state index in [2.05, 4.69) is 6.58 Å². The molecule has 1 rings (SSSR count). The van der Waals surface area contributed by atoms with Gasteiger partial charge in [-0.05, 0) is 43.5 Å². The third-order valence-electron chi connectivity index (χ3n) is 2.47. The lowest BCUT2D eigenvalue weighted by molar-refractivity contribution is 0.0523. The van der Waals surface area contributed by atoms with Gasteiger partial charge in [0.05, 0.1) is 5.60 Å². The molecule has 0 aliphatic carbocycles. The van der Waals surface area contributed by atoms with Gasteiger partial charge in [0.15, 0.2) is 0 Å². The fourth-order valence-corrected chi connectivity index (χ4v) is 1.77. The van der Waals surface area contributed by atoms with Gasteiger partial charge in [-0.15, -0.1) is 6.58 Å². The summed E-state index contributed by atoms with van der Waals surface area (Å²) in [5.41, 5.74) is -0.248. The highest BCUT2D eigenvalue weighted by Gasteiger charge is 2.21. The van der Waals surface area contributed by atoms with E-state index in [4.69, 9.17) is 11.6 Å². The van der Waals surface area contributed by atoms with Crippen molar-refractivity contribution in [2.45, 2.75) is 31.8 Å². The third-order valence-corrected chi connectivity index (χ3v) is 2.83. The lowest BCUT2D eigenvalue weighted by atomic mass is 9.92. The van der Waals surface area contributed by atoms with Gasteiger partial charge in [-0.2, -0.15) is 0 Å². The van der Waals surface area contributed by atoms with E-state index in [-0.39, 0.29) is 5.82 Å². The number of benzene rings is 1. The van der Waals surface area contributed by atoms with E-state index in [1.54, 1.807) is 13.0 Å². The Kier molecular flexibility index (Phi) is 4.51. The van der Waals surface area contributed by atoms with E-state index in [0.29, 0.717) is 23.4 Å². The maximum Gasteiger partial charge on any atom is 0.123 e. The number of hydrogen-bond donors (Lipinski definition) is 1. The van der Waals surface area contributed by atoms with Crippen LogP contribution in [0.2, 0.25) is 5.02 Å². The average Bonchev–Trinajstić information content (AvgIpc) is 2.20. The second kappa shape index (κ2) is 5.46. The summed E-state index contributed by atoms with van der Waals surface area (Å²) in [7, 11) is 0. The lowest BCUT2D eigenvalue weighted by Gasteiger charge is -2.23. The summed E-state index contributed by atoms with van der Waals surface area (Å²) >= 11 is 5.94. The van der Waals surface area contributed by atoms with Crippen molar-refractivity contribution in [3.63, 3.8) is 0 Å². The van der Waals surface area contributed by atoms with Gasteiger partial charge in [0.2, 0.25) is 0 Å². The SMILES string of the molecule is C=CCCC(C)(O)Cc1cc(F)ccc1Cl. The van der Waals surface area contributed by atoms with Gasteiger partial charge in [0.1, 0.15) is 5.82 Å². The zero-order valence-electron chi connectivity index (χ0n) is 9.34. The van der Waals surface area contributed by atoms with E-state index < -0.39 is 5.60 Å². The third kappa shape index (κ3) is 3.95. The van der Waals surface area contributed by atoms with Gasteiger partial charge in [-0.25, -0.2) is 4.39 Å². The second-order valence-electron chi connectivity index (χ2n) is 4.24. The van der Waals surface area contributed by atoms with Crippen molar-refractivity contribution in [3.8, 4) is 0 Å². The molecular weight excluding hydrogens is 227 g/mol. The Morgan fingerprint density at radius 2 is 2.25 bits per heavy atom. The van der Waals surface area contributed by atoms with E-state index in [1.807, 2.05) is 0 Å². The maximum atomic E-state index is 13.0. The Morgan fingerprint density at radius 3 is 2.88 bits per heavy atom. The minimum absolute atomic E-state index is 0.334. The molecule has 0 saturated carbocycles. The molecule has 1 unspecified atom stereocenters. The van der Waals surface area contributed by atoms with Crippen molar-refractivity contribution < 1.29 is 9.50 Å². The number of allylic oxidation sites excluding steroid dienone is 1. The fourth-order valence-electron chi connectivity index (χ4n) is 1.59. The van der Waals surface area contributed by atoms with Crippen LogP contribution in [0.15, 0.2) is 30.9 Å². The minimum atomic E-state index is -0.883. The van der Waals surface area contributed by atoms with Gasteiger partial charge in [-0.3, -0.25) is 0 Å². The first-order chi connectivity index (χ1) is 7.44. The van der Waals surface area contributed by atoms with E-state index >= 15 is 0 Å². The lowest BCUT2D eigenvalue weighted by Crippen LogP contribution is -2.27. The first kappa shape index (κ1) is 13.2. The molecule has 3 heteroatoms. The predicted octanol–water partition coefficient (Wildman–Crippen LogP) is 3.74. The fraction of sp³-hybridized carbons (Fsp3) is 0.385. The van der Waals surface area contributed by atoms with Crippen LogP contribution >= 0.6 is 11.6 Å². The van der Waals surface area contributed by atoms with E-state index in [0.717, 1.165) is 6.42 Å². The summed E-state index contributed by atoms with van der Waals surface area (Å²) in [4.78, 5) is 0. The zero-order chi connectivity index (χ0) is 12.2. The molecular formula is C13H16ClFO. The Bertz CT molecular complexity index is 374. The summed E-state index contributed by atoms with van der Waals surface area (Å²) in [6, 6.07) is 4.19. The van der Waals surface area contributed by atoms with Crippen molar-refractivity contribution >= 4 is 11.6 Å². The van der Waals surface area contributed by atoms with Crippen LogP contribution in [0.4, 0.5) is 4.39 Å². The van der Waals surface area contributed by atoms with Crippen LogP contribution in [0.25, 0.3) is 0 Å². The van der Waals surface area contributed by atoms with Crippen molar-refractivity contribution in [3.05, 3.63) is 47.3 Å². The molecule has 0 heterocycles. The molecule has 88 valence electrons. The molecule has 0 fully saturated rings. The van der Waals surface area contributed by atoms with Crippen LogP contribution in [-0.2, 0) is 6.42 Å². The Labute approximate surface area is 101 Å². The zero-order valence-corrected chi connectivity index (χ0v) is 10.1. The van der Waals surface area contributed by atoms with Crippen LogP contribution in [0, 0.1) is 5.82 Å². The van der Waals surface area contributed by atoms with Crippen LogP contribution in [0.5, 0.6) is 0 Å². The summed E-state index contributed by atoms with van der Waals surface area (Å²) in [5.74, 6) is -0.334. The standard InChI is InChI=1S/C13H16ClFO/c1-3-4-7-13(2,16)9-10-8-11(15)5-6-12(10)14/h3,5-6,8,16H,1,4,7,9H2,2H3. The van der Waals surface area contributed by atoms with Crippen molar-refractivity contribution in [2.75, 3.05) is 0 Å².